The van der Waals surface area contributed by atoms with Crippen molar-refractivity contribution in [3.8, 4) is 5.75 Å². The largest absolute Gasteiger partial charge is 0.496 e. The van der Waals surface area contributed by atoms with Crippen LogP contribution in [0.5, 0.6) is 5.75 Å². The Bertz CT molecular complexity index is 677. The Hall–Kier alpha value is -1.92. The van der Waals surface area contributed by atoms with Crippen LogP contribution in [0.25, 0.3) is 0 Å². The minimum atomic E-state index is -0.326. The highest BCUT2D eigenvalue weighted by atomic mass is 79.9. The van der Waals surface area contributed by atoms with E-state index in [-0.39, 0.29) is 24.3 Å². The Morgan fingerprint density at radius 3 is 2.61 bits per heavy atom. The van der Waals surface area contributed by atoms with E-state index in [4.69, 9.17) is 4.74 Å². The summed E-state index contributed by atoms with van der Waals surface area (Å²) in [7, 11) is 1.62. The maximum Gasteiger partial charge on any atom is 0.279 e. The number of halogens is 2. The Balaban J connectivity index is 1.88. The number of methoxy groups -OCH3 is 1. The highest BCUT2D eigenvalue weighted by Gasteiger charge is 2.13. The summed E-state index contributed by atoms with van der Waals surface area (Å²) < 4.78 is 18.9. The van der Waals surface area contributed by atoms with Gasteiger partial charge in [0.1, 0.15) is 17.6 Å². The number of ether oxygens (including phenoxy) is 1. The zero-order valence-corrected chi connectivity index (χ0v) is 14.6. The molecular formula is C17H19BrFN2O2+. The lowest BCUT2D eigenvalue weighted by Gasteiger charge is -2.13. The molecule has 4 nitrogen and oxygen atoms in total. The van der Waals surface area contributed by atoms with Crippen LogP contribution >= 0.6 is 15.9 Å². The molecule has 0 aliphatic carbocycles. The van der Waals surface area contributed by atoms with Crippen LogP contribution in [-0.4, -0.2) is 19.6 Å². The molecule has 122 valence electrons. The van der Waals surface area contributed by atoms with Crippen LogP contribution in [0.1, 0.15) is 18.5 Å². The SMILES string of the molecule is COc1ccc([C@H](C)[NH2+]CC(=O)Nc2ccc(F)cc2)cc1Br. The Morgan fingerprint density at radius 1 is 1.30 bits per heavy atom. The average Bonchev–Trinajstić information content (AvgIpc) is 2.54. The van der Waals surface area contributed by atoms with Crippen LogP contribution in [0.2, 0.25) is 0 Å². The van der Waals surface area contributed by atoms with Gasteiger partial charge in [0.25, 0.3) is 5.91 Å². The van der Waals surface area contributed by atoms with E-state index in [1.165, 1.54) is 24.3 Å². The second-order valence-corrected chi connectivity index (χ2v) is 6.03. The zero-order chi connectivity index (χ0) is 16.8. The minimum absolute atomic E-state index is 0.121. The van der Waals surface area contributed by atoms with Crippen molar-refractivity contribution in [3.63, 3.8) is 0 Å². The molecule has 2 aromatic rings. The van der Waals surface area contributed by atoms with Crippen LogP contribution in [-0.2, 0) is 4.79 Å². The summed E-state index contributed by atoms with van der Waals surface area (Å²) in [6, 6.07) is 11.7. The molecule has 0 aliphatic rings. The summed E-state index contributed by atoms with van der Waals surface area (Å²) in [5, 5.41) is 4.68. The third-order valence-corrected chi connectivity index (χ3v) is 4.11. The van der Waals surface area contributed by atoms with Crippen molar-refractivity contribution < 1.29 is 19.2 Å². The number of rotatable bonds is 6. The molecule has 0 aromatic heterocycles. The number of nitrogens with one attached hydrogen (secondary N) is 1. The van der Waals surface area contributed by atoms with Gasteiger partial charge in [-0.2, -0.15) is 0 Å². The molecule has 0 heterocycles. The molecule has 6 heteroatoms. The number of nitrogens with two attached hydrogens (primary N) is 1. The second kappa shape index (κ2) is 8.08. The number of carbonyl (C=O) groups is 1. The number of hydrogen-bond donors (Lipinski definition) is 2. The van der Waals surface area contributed by atoms with Gasteiger partial charge in [-0.15, -0.1) is 0 Å². The van der Waals surface area contributed by atoms with Crippen LogP contribution < -0.4 is 15.4 Å². The second-order valence-electron chi connectivity index (χ2n) is 5.18. The van der Waals surface area contributed by atoms with Gasteiger partial charge in [0.2, 0.25) is 0 Å². The van der Waals surface area contributed by atoms with Gasteiger partial charge in [-0.25, -0.2) is 4.39 Å². The van der Waals surface area contributed by atoms with E-state index in [1.54, 1.807) is 7.11 Å². The Labute approximate surface area is 143 Å². The van der Waals surface area contributed by atoms with Crippen molar-refractivity contribution in [3.05, 3.63) is 58.3 Å². The van der Waals surface area contributed by atoms with E-state index in [0.717, 1.165) is 15.8 Å². The molecule has 2 rings (SSSR count). The number of quaternary nitrogens is 1. The highest BCUT2D eigenvalue weighted by Crippen LogP contribution is 2.27. The fraction of sp³-hybridized carbons (Fsp3) is 0.235. The van der Waals surface area contributed by atoms with Crippen LogP contribution in [0.15, 0.2) is 46.9 Å². The van der Waals surface area contributed by atoms with Gasteiger partial charge < -0.3 is 15.4 Å². The number of amides is 1. The van der Waals surface area contributed by atoms with Crippen molar-refractivity contribution in [2.24, 2.45) is 0 Å². The summed E-state index contributed by atoms with van der Waals surface area (Å²) in [5.41, 5.74) is 1.68. The molecular weight excluding hydrogens is 363 g/mol. The van der Waals surface area contributed by atoms with Gasteiger partial charge in [-0.3, -0.25) is 4.79 Å². The fourth-order valence-corrected chi connectivity index (χ4v) is 2.69. The van der Waals surface area contributed by atoms with Gasteiger partial charge >= 0.3 is 0 Å². The maximum atomic E-state index is 12.8. The summed E-state index contributed by atoms with van der Waals surface area (Å²) in [5.74, 6) is 0.319. The van der Waals surface area contributed by atoms with Crippen molar-refractivity contribution in [2.75, 3.05) is 19.0 Å². The van der Waals surface area contributed by atoms with Crippen molar-refractivity contribution in [1.29, 1.82) is 0 Å². The van der Waals surface area contributed by atoms with E-state index < -0.39 is 0 Å². The molecule has 0 saturated carbocycles. The van der Waals surface area contributed by atoms with Crippen molar-refractivity contribution in [2.45, 2.75) is 13.0 Å². The summed E-state index contributed by atoms with van der Waals surface area (Å²) in [6.45, 7) is 2.31. The van der Waals surface area contributed by atoms with Gasteiger partial charge in [0, 0.05) is 11.3 Å². The molecule has 0 saturated heterocycles. The molecule has 3 N–H and O–H groups in total. The van der Waals surface area contributed by atoms with Crippen LogP contribution in [0.4, 0.5) is 10.1 Å². The predicted molar refractivity (Wildman–Crippen MR) is 90.9 cm³/mol. The first-order valence-corrected chi connectivity index (χ1v) is 8.01. The van der Waals surface area contributed by atoms with E-state index in [1.807, 2.05) is 30.4 Å². The summed E-state index contributed by atoms with van der Waals surface area (Å²) >= 11 is 3.46. The lowest BCUT2D eigenvalue weighted by Crippen LogP contribution is -2.86. The molecule has 1 amide bonds. The number of hydrogen-bond acceptors (Lipinski definition) is 2. The summed E-state index contributed by atoms with van der Waals surface area (Å²) in [4.78, 5) is 11.9. The molecule has 0 spiro atoms. The Kier molecular flexibility index (Phi) is 6.12. The first-order valence-electron chi connectivity index (χ1n) is 7.22. The molecule has 0 radical (unpaired) electrons. The normalized spacial score (nSPS) is 11.8. The first kappa shape index (κ1) is 17.4. The monoisotopic (exact) mass is 381 g/mol. The number of anilines is 1. The third-order valence-electron chi connectivity index (χ3n) is 3.49. The standard InChI is InChI=1S/C17H18BrFN2O2/c1-11(12-3-8-16(23-2)15(18)9-12)20-10-17(22)21-14-6-4-13(19)5-7-14/h3-9,11,20H,10H2,1-2H3,(H,21,22)/p+1/t11-/m0/s1. The smallest absolute Gasteiger partial charge is 0.279 e. The third kappa shape index (κ3) is 5.04. The van der Waals surface area contributed by atoms with E-state index in [2.05, 4.69) is 21.2 Å². The van der Waals surface area contributed by atoms with Gasteiger partial charge in [-0.05, 0) is 65.3 Å². The topological polar surface area (TPSA) is 54.9 Å². The molecule has 0 bridgehead atoms. The molecule has 0 aliphatic heterocycles. The van der Waals surface area contributed by atoms with Crippen molar-refractivity contribution >= 4 is 27.5 Å². The molecule has 2 aromatic carbocycles. The molecule has 1 atom stereocenters. The molecule has 0 fully saturated rings. The van der Waals surface area contributed by atoms with Gasteiger partial charge in [0.15, 0.2) is 6.54 Å². The van der Waals surface area contributed by atoms with Crippen LogP contribution in [0.3, 0.4) is 0 Å². The van der Waals surface area contributed by atoms with E-state index >= 15 is 0 Å². The van der Waals surface area contributed by atoms with E-state index in [0.29, 0.717) is 5.69 Å². The van der Waals surface area contributed by atoms with E-state index in [9.17, 15) is 9.18 Å². The lowest BCUT2D eigenvalue weighted by molar-refractivity contribution is -0.682. The summed E-state index contributed by atoms with van der Waals surface area (Å²) in [6.07, 6.45) is 0. The maximum absolute atomic E-state index is 12.8. The number of benzene rings is 2. The predicted octanol–water partition coefficient (Wildman–Crippen LogP) is 2.86. The fourth-order valence-electron chi connectivity index (χ4n) is 2.13. The van der Waals surface area contributed by atoms with Gasteiger partial charge in [0.05, 0.1) is 11.6 Å². The molecule has 0 unspecified atom stereocenters. The van der Waals surface area contributed by atoms with Crippen molar-refractivity contribution in [1.82, 2.24) is 0 Å². The molecule has 23 heavy (non-hydrogen) atoms. The van der Waals surface area contributed by atoms with Gasteiger partial charge in [-0.1, -0.05) is 0 Å². The first-order chi connectivity index (χ1) is 11.0. The lowest BCUT2D eigenvalue weighted by atomic mass is 10.1. The number of carbonyl (C=O) groups excluding carboxylic acids is 1. The zero-order valence-electron chi connectivity index (χ0n) is 13.0. The van der Waals surface area contributed by atoms with Crippen LogP contribution in [0, 0.1) is 5.82 Å². The Morgan fingerprint density at radius 2 is 2.00 bits per heavy atom. The minimum Gasteiger partial charge on any atom is -0.496 e. The quantitative estimate of drug-likeness (QED) is 0.808. The average molecular weight is 382 g/mol. The highest BCUT2D eigenvalue weighted by molar-refractivity contribution is 9.10.